The molecule has 2 rings (SSSR count). The highest BCUT2D eigenvalue weighted by atomic mass is 127. The van der Waals surface area contributed by atoms with Crippen molar-refractivity contribution in [3.8, 4) is 11.4 Å². The minimum atomic E-state index is -0.194. The Labute approximate surface area is 130 Å². The van der Waals surface area contributed by atoms with Gasteiger partial charge in [0.15, 0.2) is 0 Å². The van der Waals surface area contributed by atoms with Crippen LogP contribution in [0.1, 0.15) is 26.5 Å². The Kier molecular flexibility index (Phi) is 4.01. The molecule has 0 atom stereocenters. The molecule has 0 aliphatic carbocycles. The fourth-order valence-electron chi connectivity index (χ4n) is 1.74. The van der Waals surface area contributed by atoms with Crippen LogP contribution < -0.4 is 5.56 Å². The lowest BCUT2D eigenvalue weighted by molar-refractivity contribution is 0.562. The van der Waals surface area contributed by atoms with Gasteiger partial charge in [0.1, 0.15) is 9.39 Å². The molecule has 0 bridgehead atoms. The SMILES string of the molecule is CC(C)(C)c1nc(-c2ccccc2Cl)[nH]c(=O)c1I. The van der Waals surface area contributed by atoms with E-state index in [1.165, 1.54) is 0 Å². The second-order valence-corrected chi connectivity index (χ2v) is 6.79. The minimum Gasteiger partial charge on any atom is -0.306 e. The average Bonchev–Trinajstić information content (AvgIpc) is 2.31. The number of aromatic amines is 1. The fraction of sp³-hybridized carbons (Fsp3) is 0.286. The van der Waals surface area contributed by atoms with Crippen LogP contribution in [0.5, 0.6) is 0 Å². The number of nitrogens with zero attached hydrogens (tertiary/aromatic N) is 1. The highest BCUT2D eigenvalue weighted by molar-refractivity contribution is 14.1. The van der Waals surface area contributed by atoms with E-state index in [0.717, 1.165) is 11.3 Å². The Balaban J connectivity index is 2.71. The molecule has 0 amide bonds. The first-order valence-corrected chi connectivity index (χ1v) is 7.31. The van der Waals surface area contributed by atoms with Crippen molar-refractivity contribution in [2.24, 2.45) is 0 Å². The molecular formula is C14H14ClIN2O. The summed E-state index contributed by atoms with van der Waals surface area (Å²) in [5, 5.41) is 0.576. The highest BCUT2D eigenvalue weighted by Crippen LogP contribution is 2.28. The van der Waals surface area contributed by atoms with Crippen molar-refractivity contribution < 1.29 is 0 Å². The smallest absolute Gasteiger partial charge is 0.264 e. The van der Waals surface area contributed by atoms with E-state index in [1.807, 2.05) is 61.6 Å². The molecule has 100 valence electrons. The van der Waals surface area contributed by atoms with Crippen molar-refractivity contribution in [1.29, 1.82) is 0 Å². The Morgan fingerprint density at radius 1 is 1.26 bits per heavy atom. The number of hydrogen-bond donors (Lipinski definition) is 1. The van der Waals surface area contributed by atoms with Crippen LogP contribution in [0.2, 0.25) is 5.02 Å². The molecule has 0 saturated carbocycles. The Bertz CT molecular complexity index is 674. The van der Waals surface area contributed by atoms with Crippen LogP contribution in [0.15, 0.2) is 29.1 Å². The van der Waals surface area contributed by atoms with Crippen molar-refractivity contribution >= 4 is 34.2 Å². The lowest BCUT2D eigenvalue weighted by Crippen LogP contribution is -2.24. The van der Waals surface area contributed by atoms with E-state index in [0.29, 0.717) is 14.4 Å². The number of rotatable bonds is 1. The van der Waals surface area contributed by atoms with Gasteiger partial charge < -0.3 is 4.98 Å². The number of aromatic nitrogens is 2. The molecule has 0 fully saturated rings. The molecule has 0 aliphatic heterocycles. The molecule has 1 aromatic heterocycles. The summed E-state index contributed by atoms with van der Waals surface area (Å²) in [6.07, 6.45) is 0. The Hall–Kier alpha value is -0.880. The van der Waals surface area contributed by atoms with Crippen molar-refractivity contribution in [2.45, 2.75) is 26.2 Å². The first kappa shape index (κ1) is 14.5. The Morgan fingerprint density at radius 3 is 2.47 bits per heavy atom. The van der Waals surface area contributed by atoms with Crippen LogP contribution in [0, 0.1) is 3.57 Å². The zero-order valence-electron chi connectivity index (χ0n) is 10.9. The highest BCUT2D eigenvalue weighted by Gasteiger charge is 2.22. The standard InChI is InChI=1S/C14H14ClIN2O/c1-14(2,3)11-10(16)13(19)18-12(17-11)8-6-4-5-7-9(8)15/h4-7H,1-3H3,(H,17,18,19). The molecule has 3 nitrogen and oxygen atoms in total. The molecule has 0 unspecified atom stereocenters. The van der Waals surface area contributed by atoms with E-state index in [4.69, 9.17) is 11.6 Å². The Morgan fingerprint density at radius 2 is 1.89 bits per heavy atom. The van der Waals surface area contributed by atoms with E-state index in [2.05, 4.69) is 9.97 Å². The van der Waals surface area contributed by atoms with Gasteiger partial charge >= 0.3 is 0 Å². The van der Waals surface area contributed by atoms with E-state index in [-0.39, 0.29) is 11.0 Å². The summed E-state index contributed by atoms with van der Waals surface area (Å²) in [7, 11) is 0. The maximum atomic E-state index is 12.0. The van der Waals surface area contributed by atoms with Gasteiger partial charge in [0.25, 0.3) is 5.56 Å². The first-order valence-electron chi connectivity index (χ1n) is 5.86. The van der Waals surface area contributed by atoms with Gasteiger partial charge in [0.2, 0.25) is 0 Å². The molecule has 0 spiro atoms. The zero-order valence-corrected chi connectivity index (χ0v) is 13.8. The molecule has 0 aliphatic rings. The van der Waals surface area contributed by atoms with Crippen LogP contribution in [-0.2, 0) is 5.41 Å². The lowest BCUT2D eigenvalue weighted by atomic mass is 9.92. The minimum absolute atomic E-state index is 0.129. The zero-order chi connectivity index (χ0) is 14.2. The second-order valence-electron chi connectivity index (χ2n) is 5.31. The molecule has 1 N–H and O–H groups in total. The summed E-state index contributed by atoms with van der Waals surface area (Å²) in [4.78, 5) is 19.4. The maximum Gasteiger partial charge on any atom is 0.264 e. The normalized spacial score (nSPS) is 11.6. The summed E-state index contributed by atoms with van der Waals surface area (Å²) in [5.74, 6) is 0.515. The van der Waals surface area contributed by atoms with Gasteiger partial charge in [0.05, 0.1) is 10.7 Å². The number of benzene rings is 1. The second kappa shape index (κ2) is 5.25. The van der Waals surface area contributed by atoms with Gasteiger partial charge in [-0.2, -0.15) is 0 Å². The molecule has 0 saturated heterocycles. The topological polar surface area (TPSA) is 45.8 Å². The third-order valence-corrected chi connectivity index (χ3v) is 4.03. The van der Waals surface area contributed by atoms with Crippen molar-refractivity contribution in [3.63, 3.8) is 0 Å². The molecule has 1 heterocycles. The van der Waals surface area contributed by atoms with E-state index in [9.17, 15) is 4.79 Å². The number of H-pyrrole nitrogens is 1. The van der Waals surface area contributed by atoms with Crippen molar-refractivity contribution in [3.05, 3.63) is 48.9 Å². The third kappa shape index (κ3) is 3.00. The molecule has 1 aromatic carbocycles. The van der Waals surface area contributed by atoms with Crippen LogP contribution in [-0.4, -0.2) is 9.97 Å². The van der Waals surface area contributed by atoms with E-state index in [1.54, 1.807) is 6.07 Å². The van der Waals surface area contributed by atoms with E-state index >= 15 is 0 Å². The first-order chi connectivity index (χ1) is 8.80. The van der Waals surface area contributed by atoms with Crippen molar-refractivity contribution in [1.82, 2.24) is 9.97 Å². The van der Waals surface area contributed by atoms with Crippen LogP contribution >= 0.6 is 34.2 Å². The molecule has 5 heteroatoms. The summed E-state index contributed by atoms with van der Waals surface area (Å²) < 4.78 is 0.626. The number of nitrogens with one attached hydrogen (secondary N) is 1. The predicted octanol–water partition coefficient (Wildman–Crippen LogP) is 3.99. The quantitative estimate of drug-likeness (QED) is 0.751. The summed E-state index contributed by atoms with van der Waals surface area (Å²) >= 11 is 8.19. The maximum absolute atomic E-state index is 12.0. The number of halogens is 2. The summed E-state index contributed by atoms with van der Waals surface area (Å²) in [5.41, 5.74) is 1.20. The van der Waals surface area contributed by atoms with Gasteiger partial charge in [-0.3, -0.25) is 4.79 Å². The number of hydrogen-bond acceptors (Lipinski definition) is 2. The van der Waals surface area contributed by atoms with Crippen LogP contribution in [0.3, 0.4) is 0 Å². The summed E-state index contributed by atoms with van der Waals surface area (Å²) in [6.45, 7) is 6.11. The third-order valence-electron chi connectivity index (χ3n) is 2.70. The molecule has 0 radical (unpaired) electrons. The van der Waals surface area contributed by atoms with Gasteiger partial charge in [-0.05, 0) is 34.7 Å². The molecule has 2 aromatic rings. The average molecular weight is 389 g/mol. The fourth-order valence-corrected chi connectivity index (χ4v) is 3.03. The largest absolute Gasteiger partial charge is 0.306 e. The predicted molar refractivity (Wildman–Crippen MR) is 86.7 cm³/mol. The molecular weight excluding hydrogens is 375 g/mol. The van der Waals surface area contributed by atoms with Crippen molar-refractivity contribution in [2.75, 3.05) is 0 Å². The summed E-state index contributed by atoms with van der Waals surface area (Å²) in [6, 6.07) is 7.35. The van der Waals surface area contributed by atoms with Gasteiger partial charge in [-0.1, -0.05) is 44.5 Å². The monoisotopic (exact) mass is 388 g/mol. The van der Waals surface area contributed by atoms with Gasteiger partial charge in [-0.25, -0.2) is 4.98 Å². The van der Waals surface area contributed by atoms with Gasteiger partial charge in [0, 0.05) is 11.0 Å². The van der Waals surface area contributed by atoms with Gasteiger partial charge in [-0.15, -0.1) is 0 Å². The van der Waals surface area contributed by atoms with E-state index < -0.39 is 0 Å². The van der Waals surface area contributed by atoms with Crippen LogP contribution in [0.25, 0.3) is 11.4 Å². The lowest BCUT2D eigenvalue weighted by Gasteiger charge is -2.19. The van der Waals surface area contributed by atoms with Crippen LogP contribution in [0.4, 0.5) is 0 Å². The molecule has 19 heavy (non-hydrogen) atoms.